The fourth-order valence-corrected chi connectivity index (χ4v) is 6.49. The lowest BCUT2D eigenvalue weighted by atomic mass is 10.0. The molecule has 0 aliphatic rings. The molecule has 0 heterocycles. The van der Waals surface area contributed by atoms with Gasteiger partial charge in [0.05, 0.1) is 20.6 Å². The molecule has 7 nitrogen and oxygen atoms in total. The number of hydrogen-bond donors (Lipinski definition) is 1. The summed E-state index contributed by atoms with van der Waals surface area (Å²) < 4.78 is 29.2. The van der Waals surface area contributed by atoms with Crippen molar-refractivity contribution in [3.8, 4) is 0 Å². The molecule has 4 aromatic carbocycles. The van der Waals surface area contributed by atoms with E-state index in [1.54, 1.807) is 61.5 Å². The van der Waals surface area contributed by atoms with E-state index in [9.17, 15) is 18.0 Å². The Morgan fingerprint density at radius 1 is 0.795 bits per heavy atom. The van der Waals surface area contributed by atoms with Gasteiger partial charge in [0, 0.05) is 19.5 Å². The third kappa shape index (κ3) is 8.20. The van der Waals surface area contributed by atoms with Crippen molar-refractivity contribution in [1.82, 2.24) is 10.2 Å². The first-order valence-electron chi connectivity index (χ1n) is 14.2. The van der Waals surface area contributed by atoms with Gasteiger partial charge in [0.15, 0.2) is 0 Å². The standard InChI is InChI=1S/C34H35Cl2N3O4S/c1-4-37-34(41)32(21-26-8-6-5-7-9-26)38(22-27-14-19-30(35)31(36)20-27)33(40)23-39(28-15-10-24(2)11-16-28)44(42,43)29-17-12-25(3)13-18-29/h5-20,32H,4,21-23H2,1-3H3,(H,37,41)/t32-/m0/s1. The quantitative estimate of drug-likeness (QED) is 0.187. The Kier molecular flexibility index (Phi) is 11.1. The molecule has 10 heteroatoms. The predicted molar refractivity (Wildman–Crippen MR) is 177 cm³/mol. The molecule has 2 amide bonds. The minimum atomic E-state index is -4.17. The van der Waals surface area contributed by atoms with Crippen molar-refractivity contribution in [3.63, 3.8) is 0 Å². The molecule has 0 aromatic heterocycles. The number of amides is 2. The highest BCUT2D eigenvalue weighted by Gasteiger charge is 2.34. The molecule has 0 aliphatic heterocycles. The van der Waals surface area contributed by atoms with E-state index in [2.05, 4.69) is 5.32 Å². The Bertz CT molecular complexity index is 1700. The molecule has 230 valence electrons. The number of nitrogens with one attached hydrogen (secondary N) is 1. The Morgan fingerprint density at radius 3 is 2.00 bits per heavy atom. The number of hydrogen-bond acceptors (Lipinski definition) is 4. The van der Waals surface area contributed by atoms with Gasteiger partial charge in [0.1, 0.15) is 12.6 Å². The van der Waals surface area contributed by atoms with E-state index in [-0.39, 0.29) is 23.8 Å². The molecule has 0 saturated carbocycles. The number of nitrogens with zero attached hydrogens (tertiary/aromatic N) is 2. The Labute approximate surface area is 269 Å². The molecular formula is C34H35Cl2N3O4S. The monoisotopic (exact) mass is 651 g/mol. The zero-order chi connectivity index (χ0) is 31.9. The van der Waals surface area contributed by atoms with Crippen LogP contribution in [0.25, 0.3) is 0 Å². The van der Waals surface area contributed by atoms with Gasteiger partial charge in [0.2, 0.25) is 11.8 Å². The summed E-state index contributed by atoms with van der Waals surface area (Å²) in [6.45, 7) is 5.38. The van der Waals surface area contributed by atoms with Crippen LogP contribution in [0.5, 0.6) is 0 Å². The first-order valence-corrected chi connectivity index (χ1v) is 16.4. The van der Waals surface area contributed by atoms with Crippen LogP contribution in [0.2, 0.25) is 10.0 Å². The first kappa shape index (κ1) is 33.1. The van der Waals surface area contributed by atoms with Gasteiger partial charge in [-0.25, -0.2) is 8.42 Å². The largest absolute Gasteiger partial charge is 0.355 e. The summed E-state index contributed by atoms with van der Waals surface area (Å²) in [6.07, 6.45) is 0.217. The molecular weight excluding hydrogens is 617 g/mol. The fourth-order valence-electron chi connectivity index (χ4n) is 4.76. The van der Waals surface area contributed by atoms with Crippen molar-refractivity contribution in [1.29, 1.82) is 0 Å². The number of benzene rings is 4. The van der Waals surface area contributed by atoms with E-state index in [0.717, 1.165) is 21.0 Å². The van der Waals surface area contributed by atoms with Crippen LogP contribution in [0.4, 0.5) is 5.69 Å². The number of sulfonamides is 1. The third-order valence-corrected chi connectivity index (χ3v) is 9.70. The lowest BCUT2D eigenvalue weighted by molar-refractivity contribution is -0.140. The van der Waals surface area contributed by atoms with Gasteiger partial charge in [-0.05, 0) is 68.3 Å². The minimum Gasteiger partial charge on any atom is -0.355 e. The van der Waals surface area contributed by atoms with Gasteiger partial charge in [-0.1, -0.05) is 95.0 Å². The van der Waals surface area contributed by atoms with Crippen LogP contribution >= 0.6 is 23.2 Å². The van der Waals surface area contributed by atoms with Crippen LogP contribution in [0.3, 0.4) is 0 Å². The van der Waals surface area contributed by atoms with E-state index in [0.29, 0.717) is 27.8 Å². The van der Waals surface area contributed by atoms with Gasteiger partial charge in [-0.3, -0.25) is 13.9 Å². The molecule has 1 N–H and O–H groups in total. The van der Waals surface area contributed by atoms with Gasteiger partial charge in [0.25, 0.3) is 10.0 Å². The van der Waals surface area contributed by atoms with Gasteiger partial charge in [-0.2, -0.15) is 0 Å². The average Bonchev–Trinajstić information content (AvgIpc) is 3.00. The van der Waals surface area contributed by atoms with Gasteiger partial charge >= 0.3 is 0 Å². The topological polar surface area (TPSA) is 86.8 Å². The smallest absolute Gasteiger partial charge is 0.264 e. The van der Waals surface area contributed by atoms with Crippen molar-refractivity contribution < 1.29 is 18.0 Å². The van der Waals surface area contributed by atoms with Gasteiger partial charge in [-0.15, -0.1) is 0 Å². The number of carbonyl (C=O) groups is 2. The first-order chi connectivity index (χ1) is 21.0. The maximum atomic E-state index is 14.4. The van der Waals surface area contributed by atoms with Crippen LogP contribution in [0.1, 0.15) is 29.2 Å². The van der Waals surface area contributed by atoms with Crippen LogP contribution in [0.15, 0.2) is 102 Å². The van der Waals surface area contributed by atoms with Crippen LogP contribution in [-0.4, -0.2) is 44.3 Å². The molecule has 0 aliphatic carbocycles. The van der Waals surface area contributed by atoms with Crippen molar-refractivity contribution in [2.75, 3.05) is 17.4 Å². The normalized spacial score (nSPS) is 11.9. The second-order valence-electron chi connectivity index (χ2n) is 10.5. The number of aryl methyl sites for hydroxylation is 2. The Morgan fingerprint density at radius 2 is 1.41 bits per heavy atom. The summed E-state index contributed by atoms with van der Waals surface area (Å²) in [6, 6.07) is 26.8. The lowest BCUT2D eigenvalue weighted by Crippen LogP contribution is -2.53. The molecule has 1 atom stereocenters. The molecule has 4 rings (SSSR count). The van der Waals surface area contributed by atoms with Crippen molar-refractivity contribution >= 4 is 50.7 Å². The highest BCUT2D eigenvalue weighted by atomic mass is 35.5. The van der Waals surface area contributed by atoms with Crippen LogP contribution in [0, 0.1) is 13.8 Å². The molecule has 0 radical (unpaired) electrons. The molecule has 0 unspecified atom stereocenters. The van der Waals surface area contributed by atoms with E-state index < -0.39 is 28.5 Å². The number of rotatable bonds is 12. The molecule has 0 spiro atoms. The molecule has 0 fully saturated rings. The Hall–Kier alpha value is -3.85. The summed E-state index contributed by atoms with van der Waals surface area (Å²) in [5.74, 6) is -0.910. The van der Waals surface area contributed by atoms with Crippen LogP contribution < -0.4 is 9.62 Å². The second kappa shape index (κ2) is 14.8. The average molecular weight is 653 g/mol. The third-order valence-electron chi connectivity index (χ3n) is 7.17. The summed E-state index contributed by atoms with van der Waals surface area (Å²) in [5.41, 5.74) is 3.65. The van der Waals surface area contributed by atoms with E-state index in [1.165, 1.54) is 17.0 Å². The highest BCUT2D eigenvalue weighted by Crippen LogP contribution is 2.27. The zero-order valence-corrected chi connectivity index (χ0v) is 27.2. The summed E-state index contributed by atoms with van der Waals surface area (Å²) in [5, 5.41) is 3.51. The fraction of sp³-hybridized carbons (Fsp3) is 0.235. The number of carbonyl (C=O) groups excluding carboxylic acids is 2. The highest BCUT2D eigenvalue weighted by molar-refractivity contribution is 7.92. The van der Waals surface area contributed by atoms with Crippen molar-refractivity contribution in [2.45, 2.75) is 44.7 Å². The molecule has 0 bridgehead atoms. The number of likely N-dealkylation sites (N-methyl/N-ethyl adjacent to an activating group) is 1. The summed E-state index contributed by atoms with van der Waals surface area (Å²) >= 11 is 12.5. The molecule has 44 heavy (non-hydrogen) atoms. The predicted octanol–water partition coefficient (Wildman–Crippen LogP) is 6.58. The lowest BCUT2D eigenvalue weighted by Gasteiger charge is -2.34. The maximum Gasteiger partial charge on any atom is 0.264 e. The Balaban J connectivity index is 1.80. The van der Waals surface area contributed by atoms with E-state index in [4.69, 9.17) is 23.2 Å². The van der Waals surface area contributed by atoms with E-state index in [1.807, 2.05) is 44.2 Å². The SMILES string of the molecule is CCNC(=O)[C@H](Cc1ccccc1)N(Cc1ccc(Cl)c(Cl)c1)C(=O)CN(c1ccc(C)cc1)S(=O)(=O)c1ccc(C)cc1. The minimum absolute atomic E-state index is 0.00330. The van der Waals surface area contributed by atoms with E-state index >= 15 is 0 Å². The van der Waals surface area contributed by atoms with Crippen molar-refractivity contribution in [3.05, 3.63) is 129 Å². The second-order valence-corrected chi connectivity index (χ2v) is 13.2. The molecule has 0 saturated heterocycles. The number of halogens is 2. The van der Waals surface area contributed by atoms with Crippen LogP contribution in [-0.2, 0) is 32.6 Å². The maximum absolute atomic E-state index is 14.4. The summed E-state index contributed by atoms with van der Waals surface area (Å²) in [4.78, 5) is 29.4. The van der Waals surface area contributed by atoms with Gasteiger partial charge < -0.3 is 10.2 Å². The van der Waals surface area contributed by atoms with Crippen molar-refractivity contribution in [2.24, 2.45) is 0 Å². The zero-order valence-electron chi connectivity index (χ0n) is 24.8. The molecule has 4 aromatic rings. The number of anilines is 1. The summed E-state index contributed by atoms with van der Waals surface area (Å²) in [7, 11) is -4.17.